The van der Waals surface area contributed by atoms with Crippen molar-refractivity contribution >= 4 is 18.0 Å². The molecule has 1 unspecified atom stereocenters. The van der Waals surface area contributed by atoms with Crippen molar-refractivity contribution < 1.29 is 24.2 Å². The van der Waals surface area contributed by atoms with Crippen molar-refractivity contribution in [2.75, 3.05) is 6.54 Å². The van der Waals surface area contributed by atoms with E-state index in [1.165, 1.54) is 4.90 Å². The van der Waals surface area contributed by atoms with Crippen LogP contribution in [0.3, 0.4) is 0 Å². The molecule has 2 amide bonds. The van der Waals surface area contributed by atoms with Crippen LogP contribution in [0.5, 0.6) is 0 Å². The number of alkyl carbamates (subject to hydrolysis) is 1. The number of amides is 2. The molecule has 7 heteroatoms. The molecule has 1 saturated heterocycles. The van der Waals surface area contributed by atoms with Crippen molar-refractivity contribution in [3.8, 4) is 0 Å². The summed E-state index contributed by atoms with van der Waals surface area (Å²) in [4.78, 5) is 39.0. The van der Waals surface area contributed by atoms with Gasteiger partial charge in [-0.3, -0.25) is 4.79 Å². The number of carbonyl (C=O) groups is 3. The molecular weight excluding hydrogens is 372 g/mol. The molecule has 158 valence electrons. The van der Waals surface area contributed by atoms with Gasteiger partial charge < -0.3 is 20.1 Å². The number of ether oxygens (including phenoxy) is 1. The third kappa shape index (κ3) is 4.38. The lowest BCUT2D eigenvalue weighted by Gasteiger charge is -2.32. The van der Waals surface area contributed by atoms with Gasteiger partial charge in [-0.1, -0.05) is 44.2 Å². The molecule has 1 aromatic rings. The number of carboxylic acid groups (broad SMARTS) is 1. The van der Waals surface area contributed by atoms with E-state index in [-0.39, 0.29) is 29.6 Å². The van der Waals surface area contributed by atoms with Crippen LogP contribution >= 0.6 is 0 Å². The lowest BCUT2D eigenvalue weighted by molar-refractivity contribution is -0.151. The fraction of sp³-hybridized carbons (Fsp3) is 0.591. The average Bonchev–Trinajstić information content (AvgIpc) is 2.95. The van der Waals surface area contributed by atoms with E-state index in [2.05, 4.69) is 5.32 Å². The maximum absolute atomic E-state index is 13.3. The average molecular weight is 402 g/mol. The number of nitrogens with one attached hydrogen (secondary N) is 1. The Morgan fingerprint density at radius 1 is 1.24 bits per heavy atom. The van der Waals surface area contributed by atoms with Crippen LogP contribution in [0.4, 0.5) is 4.79 Å². The van der Waals surface area contributed by atoms with Gasteiger partial charge in [-0.05, 0) is 37.7 Å². The minimum absolute atomic E-state index is 0.0529. The third-order valence-electron chi connectivity index (χ3n) is 6.02. The summed E-state index contributed by atoms with van der Waals surface area (Å²) < 4.78 is 5.32. The molecule has 0 bridgehead atoms. The molecule has 1 heterocycles. The Balaban J connectivity index is 1.80. The highest BCUT2D eigenvalue weighted by Gasteiger charge is 2.69. The van der Waals surface area contributed by atoms with Gasteiger partial charge in [-0.2, -0.15) is 0 Å². The molecule has 2 aliphatic rings. The molecule has 1 aliphatic heterocycles. The number of carbonyl (C=O) groups excluding carboxylic acids is 2. The fourth-order valence-electron chi connectivity index (χ4n) is 4.50. The molecule has 1 aliphatic carbocycles. The number of carboxylic acids is 1. The quantitative estimate of drug-likeness (QED) is 0.789. The first-order chi connectivity index (χ1) is 13.4. The van der Waals surface area contributed by atoms with Gasteiger partial charge in [-0.15, -0.1) is 0 Å². The molecule has 2 fully saturated rings. The standard InChI is InChI=1S/C22H30N2O5/c1-21(2,3)29-20(28)23-15(11-13-9-7-6-8-10-13)18(25)24-12-14-16(22(14,4)5)17(24)19(26)27/h6-10,14-17H,11-12H2,1-5H3,(H,23,28)(H,26,27)/t14-,15?,16-,17-/m0/s1. The zero-order valence-electron chi connectivity index (χ0n) is 17.6. The Kier molecular flexibility index (Phi) is 5.36. The number of likely N-dealkylation sites (tertiary alicyclic amines) is 1. The van der Waals surface area contributed by atoms with Crippen molar-refractivity contribution in [3.63, 3.8) is 0 Å². The highest BCUT2D eigenvalue weighted by molar-refractivity contribution is 5.91. The van der Waals surface area contributed by atoms with Crippen LogP contribution in [0.25, 0.3) is 0 Å². The second-order valence-electron chi connectivity index (χ2n) is 9.62. The van der Waals surface area contributed by atoms with Crippen LogP contribution in [0, 0.1) is 17.3 Å². The van der Waals surface area contributed by atoms with Gasteiger partial charge in [0.05, 0.1) is 0 Å². The number of aliphatic carboxylic acids is 1. The van der Waals surface area contributed by atoms with Gasteiger partial charge in [0, 0.05) is 18.9 Å². The van der Waals surface area contributed by atoms with E-state index in [9.17, 15) is 19.5 Å². The largest absolute Gasteiger partial charge is 0.480 e. The highest BCUT2D eigenvalue weighted by Crippen LogP contribution is 2.64. The summed E-state index contributed by atoms with van der Waals surface area (Å²) in [7, 11) is 0. The molecule has 0 aromatic heterocycles. The molecule has 0 radical (unpaired) electrons. The first-order valence-electron chi connectivity index (χ1n) is 9.98. The Hall–Kier alpha value is -2.57. The molecular formula is C22H30N2O5. The normalized spacial score (nSPS) is 25.7. The Morgan fingerprint density at radius 2 is 1.86 bits per heavy atom. The monoisotopic (exact) mass is 402 g/mol. The lowest BCUT2D eigenvalue weighted by Crippen LogP contribution is -2.55. The van der Waals surface area contributed by atoms with E-state index in [1.54, 1.807) is 20.8 Å². The molecule has 2 N–H and O–H groups in total. The zero-order valence-corrected chi connectivity index (χ0v) is 17.6. The van der Waals surface area contributed by atoms with Gasteiger partial charge in [0.2, 0.25) is 5.91 Å². The smallest absolute Gasteiger partial charge is 0.408 e. The van der Waals surface area contributed by atoms with Gasteiger partial charge in [0.25, 0.3) is 0 Å². The summed E-state index contributed by atoms with van der Waals surface area (Å²) in [5, 5.41) is 12.4. The summed E-state index contributed by atoms with van der Waals surface area (Å²) in [6.45, 7) is 9.72. The van der Waals surface area contributed by atoms with E-state index in [4.69, 9.17) is 4.74 Å². The molecule has 1 aromatic carbocycles. The summed E-state index contributed by atoms with van der Waals surface area (Å²) in [6, 6.07) is 7.58. The number of piperidine rings is 1. The number of hydrogen-bond donors (Lipinski definition) is 2. The minimum atomic E-state index is -0.993. The summed E-state index contributed by atoms with van der Waals surface area (Å²) in [5.41, 5.74) is 0.0965. The van der Waals surface area contributed by atoms with Crippen LogP contribution in [0.1, 0.15) is 40.2 Å². The van der Waals surface area contributed by atoms with E-state index < -0.39 is 29.7 Å². The minimum Gasteiger partial charge on any atom is -0.480 e. The van der Waals surface area contributed by atoms with Crippen molar-refractivity contribution in [3.05, 3.63) is 35.9 Å². The summed E-state index contributed by atoms with van der Waals surface area (Å²) in [5.74, 6) is -1.25. The Morgan fingerprint density at radius 3 is 2.41 bits per heavy atom. The number of benzene rings is 1. The maximum Gasteiger partial charge on any atom is 0.408 e. The first kappa shape index (κ1) is 21.1. The van der Waals surface area contributed by atoms with Crippen LogP contribution in [0.15, 0.2) is 30.3 Å². The predicted octanol–water partition coefficient (Wildman–Crippen LogP) is 2.69. The van der Waals surface area contributed by atoms with E-state index in [1.807, 2.05) is 44.2 Å². The van der Waals surface area contributed by atoms with E-state index in [0.717, 1.165) is 5.56 Å². The van der Waals surface area contributed by atoms with Gasteiger partial charge >= 0.3 is 12.1 Å². The third-order valence-corrected chi connectivity index (χ3v) is 6.02. The van der Waals surface area contributed by atoms with Gasteiger partial charge in [0.15, 0.2) is 0 Å². The molecule has 0 spiro atoms. The van der Waals surface area contributed by atoms with E-state index in [0.29, 0.717) is 6.54 Å². The van der Waals surface area contributed by atoms with Crippen molar-refractivity contribution in [1.82, 2.24) is 10.2 Å². The molecule has 7 nitrogen and oxygen atoms in total. The topological polar surface area (TPSA) is 95.9 Å². The Bertz CT molecular complexity index is 799. The van der Waals surface area contributed by atoms with Crippen LogP contribution < -0.4 is 5.32 Å². The maximum atomic E-state index is 13.3. The highest BCUT2D eigenvalue weighted by atomic mass is 16.6. The van der Waals surface area contributed by atoms with Crippen LogP contribution in [0.2, 0.25) is 0 Å². The SMILES string of the molecule is CC(C)(C)OC(=O)NC(Cc1ccccc1)C(=O)N1C[C@H]2[C@@H]([C@H]1C(=O)O)C2(C)C. The molecule has 4 atom stereocenters. The zero-order chi connectivity index (χ0) is 21.6. The molecule has 1 saturated carbocycles. The number of rotatable bonds is 5. The van der Waals surface area contributed by atoms with Crippen molar-refractivity contribution in [1.29, 1.82) is 0 Å². The van der Waals surface area contributed by atoms with Gasteiger partial charge in [-0.25, -0.2) is 9.59 Å². The lowest BCUT2D eigenvalue weighted by atomic mass is 9.99. The summed E-state index contributed by atoms with van der Waals surface area (Å²) >= 11 is 0. The van der Waals surface area contributed by atoms with Crippen molar-refractivity contribution in [2.45, 2.75) is 58.7 Å². The second-order valence-corrected chi connectivity index (χ2v) is 9.62. The fourth-order valence-corrected chi connectivity index (χ4v) is 4.50. The van der Waals surface area contributed by atoms with E-state index >= 15 is 0 Å². The molecule has 29 heavy (non-hydrogen) atoms. The first-order valence-corrected chi connectivity index (χ1v) is 9.98. The second kappa shape index (κ2) is 7.35. The summed E-state index contributed by atoms with van der Waals surface area (Å²) in [6.07, 6.45) is -0.427. The van der Waals surface area contributed by atoms with Crippen LogP contribution in [-0.2, 0) is 20.7 Å². The number of fused-ring (bicyclic) bond motifs is 1. The van der Waals surface area contributed by atoms with Gasteiger partial charge in [0.1, 0.15) is 17.7 Å². The van der Waals surface area contributed by atoms with Crippen molar-refractivity contribution in [2.24, 2.45) is 17.3 Å². The Labute approximate surface area is 171 Å². The predicted molar refractivity (Wildman–Crippen MR) is 107 cm³/mol. The number of nitrogens with zero attached hydrogens (tertiary/aromatic N) is 1. The number of hydrogen-bond acceptors (Lipinski definition) is 4. The van der Waals surface area contributed by atoms with Crippen LogP contribution in [-0.4, -0.2) is 52.2 Å². The molecule has 3 rings (SSSR count).